The zero-order valence-electron chi connectivity index (χ0n) is 11.4. The Kier molecular flexibility index (Phi) is 6.52. The fourth-order valence-corrected chi connectivity index (χ4v) is 2.01. The first-order valence-electron chi connectivity index (χ1n) is 5.68. The van der Waals surface area contributed by atoms with Crippen LogP contribution >= 0.6 is 0 Å². The van der Waals surface area contributed by atoms with Gasteiger partial charge in [-0.1, -0.05) is 51.1 Å². The maximum Gasteiger partial charge on any atom is 2.00 e. The predicted octanol–water partition coefficient (Wildman–Crippen LogP) is -0.619. The summed E-state index contributed by atoms with van der Waals surface area (Å²) in [7, 11) is 0. The van der Waals surface area contributed by atoms with Gasteiger partial charge in [0.25, 0.3) is 0 Å². The van der Waals surface area contributed by atoms with E-state index in [0.29, 0.717) is 5.56 Å². The number of carboxylic acids is 2. The fraction of sp³-hybridized carbons (Fsp3) is 0.429. The zero-order chi connectivity index (χ0) is 14.0. The van der Waals surface area contributed by atoms with Gasteiger partial charge >= 0.3 is 37.7 Å². The van der Waals surface area contributed by atoms with Gasteiger partial charge in [0.05, 0.1) is 17.4 Å². The van der Waals surface area contributed by atoms with Gasteiger partial charge in [0, 0.05) is 0 Å². The molecule has 0 spiro atoms. The molecule has 0 heterocycles. The molecule has 0 aromatic heterocycles. The first-order valence-corrected chi connectivity index (χ1v) is 5.68. The number of carbonyl (C=O) groups excluding carboxylic acids is 2. The first kappa shape index (κ1) is 18.4. The molecular formula is C14H16CaO4. The van der Waals surface area contributed by atoms with Crippen LogP contribution in [0.3, 0.4) is 0 Å². The summed E-state index contributed by atoms with van der Waals surface area (Å²) in [5.41, 5.74) is -2.43. The molecule has 0 aliphatic carbocycles. The minimum atomic E-state index is -2.05. The van der Waals surface area contributed by atoms with Crippen molar-refractivity contribution in [2.45, 2.75) is 27.2 Å². The minimum Gasteiger partial charge on any atom is -0.549 e. The van der Waals surface area contributed by atoms with Crippen LogP contribution in [0.1, 0.15) is 26.3 Å². The second kappa shape index (κ2) is 6.73. The van der Waals surface area contributed by atoms with E-state index in [1.807, 2.05) is 0 Å². The van der Waals surface area contributed by atoms with E-state index in [9.17, 15) is 19.8 Å². The third kappa shape index (κ3) is 3.71. The van der Waals surface area contributed by atoms with Gasteiger partial charge in [-0.3, -0.25) is 0 Å². The molecule has 0 unspecified atom stereocenters. The summed E-state index contributed by atoms with van der Waals surface area (Å²) in [6, 6.07) is 8.61. The van der Waals surface area contributed by atoms with Gasteiger partial charge in [0.2, 0.25) is 0 Å². The first-order chi connectivity index (χ1) is 8.22. The van der Waals surface area contributed by atoms with Crippen molar-refractivity contribution in [3.63, 3.8) is 0 Å². The molecule has 19 heavy (non-hydrogen) atoms. The number of rotatable bonds is 4. The average molecular weight is 288 g/mol. The van der Waals surface area contributed by atoms with E-state index in [0.717, 1.165) is 0 Å². The Hall–Kier alpha value is -0.580. The van der Waals surface area contributed by atoms with Crippen molar-refractivity contribution in [2.75, 3.05) is 0 Å². The van der Waals surface area contributed by atoms with Crippen LogP contribution in [0.4, 0.5) is 0 Å². The average Bonchev–Trinajstić information content (AvgIpc) is 2.24. The van der Waals surface area contributed by atoms with Gasteiger partial charge in [-0.2, -0.15) is 0 Å². The van der Waals surface area contributed by atoms with Crippen molar-refractivity contribution in [1.82, 2.24) is 0 Å². The van der Waals surface area contributed by atoms with Crippen molar-refractivity contribution < 1.29 is 19.8 Å². The number of carbonyl (C=O) groups is 2. The van der Waals surface area contributed by atoms with E-state index < -0.39 is 22.8 Å². The molecule has 0 aliphatic heterocycles. The van der Waals surface area contributed by atoms with Gasteiger partial charge in [0.15, 0.2) is 0 Å². The Balaban J connectivity index is 0.00000324. The second-order valence-electron chi connectivity index (χ2n) is 5.39. The molecule has 0 saturated heterocycles. The van der Waals surface area contributed by atoms with Crippen molar-refractivity contribution in [3.8, 4) is 0 Å². The third-order valence-corrected chi connectivity index (χ3v) is 3.29. The van der Waals surface area contributed by atoms with E-state index in [4.69, 9.17) is 0 Å². The van der Waals surface area contributed by atoms with Crippen LogP contribution in [0.15, 0.2) is 30.3 Å². The largest absolute Gasteiger partial charge is 2.00 e. The van der Waals surface area contributed by atoms with Crippen LogP contribution in [-0.2, 0) is 16.0 Å². The second-order valence-corrected chi connectivity index (χ2v) is 5.39. The van der Waals surface area contributed by atoms with Crippen molar-refractivity contribution >= 4 is 49.7 Å². The molecule has 98 valence electrons. The number of carboxylic acid groups (broad SMARTS) is 2. The molecular weight excluding hydrogens is 272 g/mol. The summed E-state index contributed by atoms with van der Waals surface area (Å²) in [6.07, 6.45) is -0.151. The number of aliphatic carboxylic acids is 2. The van der Waals surface area contributed by atoms with Gasteiger partial charge < -0.3 is 19.8 Å². The van der Waals surface area contributed by atoms with Gasteiger partial charge in [-0.15, -0.1) is 0 Å². The van der Waals surface area contributed by atoms with Gasteiger partial charge in [0.1, 0.15) is 0 Å². The Morgan fingerprint density at radius 1 is 1.00 bits per heavy atom. The van der Waals surface area contributed by atoms with E-state index in [1.54, 1.807) is 51.1 Å². The topological polar surface area (TPSA) is 80.3 Å². The molecule has 1 aromatic rings. The summed E-state index contributed by atoms with van der Waals surface area (Å²) in [4.78, 5) is 22.8. The molecule has 0 aliphatic rings. The predicted molar refractivity (Wildman–Crippen MR) is 67.8 cm³/mol. The Labute approximate surface area is 142 Å². The summed E-state index contributed by atoms with van der Waals surface area (Å²) in [5, 5.41) is 22.8. The summed E-state index contributed by atoms with van der Waals surface area (Å²) >= 11 is 0. The smallest absolute Gasteiger partial charge is 0.549 e. The molecule has 4 nitrogen and oxygen atoms in total. The molecule has 0 amide bonds. The zero-order valence-corrected chi connectivity index (χ0v) is 13.6. The normalized spacial score (nSPS) is 11.5. The van der Waals surface area contributed by atoms with Crippen molar-refractivity contribution in [2.24, 2.45) is 10.8 Å². The maximum atomic E-state index is 11.4. The van der Waals surface area contributed by atoms with Crippen LogP contribution in [0.5, 0.6) is 0 Å². The standard InChI is InChI=1S/C14H18O4.Ca/c1-13(2,3)14(11(15)16,12(17)18)9-10-7-5-4-6-8-10;/h4-8H,9H2,1-3H3,(H,15,16)(H,17,18);/q;+2/p-2. The summed E-state index contributed by atoms with van der Waals surface area (Å²) in [5.74, 6) is -3.22. The fourth-order valence-electron chi connectivity index (χ4n) is 2.01. The monoisotopic (exact) mass is 288 g/mol. The molecule has 1 aromatic carbocycles. The van der Waals surface area contributed by atoms with Gasteiger partial charge in [-0.25, -0.2) is 0 Å². The number of hydrogen-bond acceptors (Lipinski definition) is 4. The Morgan fingerprint density at radius 2 is 1.42 bits per heavy atom. The number of benzene rings is 1. The molecule has 5 heteroatoms. The number of hydrogen-bond donors (Lipinski definition) is 0. The van der Waals surface area contributed by atoms with Gasteiger partial charge in [-0.05, 0) is 17.4 Å². The molecule has 0 saturated carbocycles. The Morgan fingerprint density at radius 3 is 1.74 bits per heavy atom. The summed E-state index contributed by atoms with van der Waals surface area (Å²) in [6.45, 7) is 4.67. The Bertz CT molecular complexity index is 434. The van der Waals surface area contributed by atoms with E-state index in [-0.39, 0.29) is 44.2 Å². The quantitative estimate of drug-likeness (QED) is 0.546. The van der Waals surface area contributed by atoms with E-state index >= 15 is 0 Å². The summed E-state index contributed by atoms with van der Waals surface area (Å²) < 4.78 is 0. The van der Waals surface area contributed by atoms with Crippen LogP contribution in [-0.4, -0.2) is 49.7 Å². The van der Waals surface area contributed by atoms with Crippen LogP contribution in [0.25, 0.3) is 0 Å². The molecule has 0 N–H and O–H groups in total. The van der Waals surface area contributed by atoms with Crippen LogP contribution in [0, 0.1) is 10.8 Å². The van der Waals surface area contributed by atoms with Crippen LogP contribution < -0.4 is 10.2 Å². The van der Waals surface area contributed by atoms with E-state index in [1.165, 1.54) is 0 Å². The SMILES string of the molecule is CC(C)(C)C(Cc1ccccc1)(C(=O)[O-])C(=O)[O-].[Ca+2]. The molecule has 0 atom stereocenters. The van der Waals surface area contributed by atoms with Crippen molar-refractivity contribution in [3.05, 3.63) is 35.9 Å². The third-order valence-electron chi connectivity index (χ3n) is 3.29. The van der Waals surface area contributed by atoms with Crippen molar-refractivity contribution in [1.29, 1.82) is 0 Å². The molecule has 0 fully saturated rings. The molecule has 0 bridgehead atoms. The minimum absolute atomic E-state index is 0. The van der Waals surface area contributed by atoms with E-state index in [2.05, 4.69) is 0 Å². The molecule has 1 rings (SSSR count). The molecule has 0 radical (unpaired) electrons. The maximum absolute atomic E-state index is 11.4. The van der Waals surface area contributed by atoms with Crippen LogP contribution in [0.2, 0.25) is 0 Å².